The molecule has 0 radical (unpaired) electrons. The van der Waals surface area contributed by atoms with Crippen LogP contribution in [0.1, 0.15) is 26.5 Å². The van der Waals surface area contributed by atoms with Gasteiger partial charge < -0.3 is 4.90 Å². The molecule has 0 amide bonds. The third kappa shape index (κ3) is 4.65. The highest BCUT2D eigenvalue weighted by Crippen LogP contribution is 2.17. The standard InChI is InChI=1S/C14H22N2O/c1-12(17)14(2,3)11-16(4)10-8-13-7-5-6-9-15-13/h5-7,9H,8,10-11H2,1-4H3. The Kier molecular flexibility index (Phi) is 4.82. The van der Waals surface area contributed by atoms with Gasteiger partial charge in [-0.2, -0.15) is 0 Å². The van der Waals surface area contributed by atoms with Gasteiger partial charge >= 0.3 is 0 Å². The van der Waals surface area contributed by atoms with Crippen molar-refractivity contribution in [3.8, 4) is 0 Å². The number of Topliss-reactive ketones (excluding diaryl/α,β-unsaturated/α-hetero) is 1. The van der Waals surface area contributed by atoms with Crippen LogP contribution in [-0.2, 0) is 11.2 Å². The Morgan fingerprint density at radius 1 is 1.41 bits per heavy atom. The molecule has 3 nitrogen and oxygen atoms in total. The molecule has 0 aliphatic rings. The van der Waals surface area contributed by atoms with Gasteiger partial charge in [0.25, 0.3) is 0 Å². The first-order valence-corrected chi connectivity index (χ1v) is 6.01. The molecule has 3 heteroatoms. The van der Waals surface area contributed by atoms with E-state index in [2.05, 4.69) is 9.88 Å². The number of carbonyl (C=O) groups excluding carboxylic acids is 1. The van der Waals surface area contributed by atoms with E-state index in [0.717, 1.165) is 25.2 Å². The first-order valence-electron chi connectivity index (χ1n) is 6.01. The van der Waals surface area contributed by atoms with Crippen LogP contribution in [0.2, 0.25) is 0 Å². The van der Waals surface area contributed by atoms with Crippen LogP contribution >= 0.6 is 0 Å². The van der Waals surface area contributed by atoms with Crippen molar-refractivity contribution in [3.05, 3.63) is 30.1 Å². The third-order valence-corrected chi connectivity index (χ3v) is 3.09. The van der Waals surface area contributed by atoms with Gasteiger partial charge in [0.1, 0.15) is 5.78 Å². The number of pyridine rings is 1. The zero-order valence-corrected chi connectivity index (χ0v) is 11.2. The highest BCUT2D eigenvalue weighted by Gasteiger charge is 2.24. The van der Waals surface area contributed by atoms with Gasteiger partial charge in [0.2, 0.25) is 0 Å². The van der Waals surface area contributed by atoms with Crippen LogP contribution in [0.4, 0.5) is 0 Å². The van der Waals surface area contributed by atoms with Crippen molar-refractivity contribution in [1.29, 1.82) is 0 Å². The topological polar surface area (TPSA) is 33.2 Å². The summed E-state index contributed by atoms with van der Waals surface area (Å²) in [6.07, 6.45) is 2.74. The van der Waals surface area contributed by atoms with Crippen LogP contribution in [0.3, 0.4) is 0 Å². The highest BCUT2D eigenvalue weighted by molar-refractivity contribution is 5.81. The lowest BCUT2D eigenvalue weighted by atomic mass is 9.88. The van der Waals surface area contributed by atoms with Crippen LogP contribution in [0.15, 0.2) is 24.4 Å². The van der Waals surface area contributed by atoms with E-state index in [9.17, 15) is 4.79 Å². The van der Waals surface area contributed by atoms with Crippen molar-refractivity contribution in [2.24, 2.45) is 5.41 Å². The van der Waals surface area contributed by atoms with Crippen LogP contribution in [0.5, 0.6) is 0 Å². The summed E-state index contributed by atoms with van der Waals surface area (Å²) in [7, 11) is 2.05. The summed E-state index contributed by atoms with van der Waals surface area (Å²) in [6, 6.07) is 5.96. The number of likely N-dealkylation sites (N-methyl/N-ethyl adjacent to an activating group) is 1. The molecule has 0 aliphatic carbocycles. The molecule has 0 spiro atoms. The Balaban J connectivity index is 2.41. The lowest BCUT2D eigenvalue weighted by molar-refractivity contribution is -0.125. The molecule has 0 atom stereocenters. The fourth-order valence-corrected chi connectivity index (χ4v) is 1.72. The largest absolute Gasteiger partial charge is 0.305 e. The van der Waals surface area contributed by atoms with Gasteiger partial charge in [-0.15, -0.1) is 0 Å². The molecule has 0 fully saturated rings. The van der Waals surface area contributed by atoms with E-state index >= 15 is 0 Å². The van der Waals surface area contributed by atoms with Crippen molar-refractivity contribution in [3.63, 3.8) is 0 Å². The van der Waals surface area contributed by atoms with Crippen LogP contribution in [-0.4, -0.2) is 35.8 Å². The SMILES string of the molecule is CC(=O)C(C)(C)CN(C)CCc1ccccn1. The Morgan fingerprint density at radius 3 is 2.65 bits per heavy atom. The minimum absolute atomic E-state index is 0.238. The highest BCUT2D eigenvalue weighted by atomic mass is 16.1. The molecule has 0 bridgehead atoms. The summed E-state index contributed by atoms with van der Waals surface area (Å²) >= 11 is 0. The number of carbonyl (C=O) groups is 1. The fraction of sp³-hybridized carbons (Fsp3) is 0.571. The number of hydrogen-bond donors (Lipinski definition) is 0. The molecular formula is C14H22N2O. The summed E-state index contributed by atoms with van der Waals surface area (Å²) < 4.78 is 0. The Morgan fingerprint density at radius 2 is 2.12 bits per heavy atom. The average Bonchev–Trinajstić information content (AvgIpc) is 2.27. The zero-order valence-electron chi connectivity index (χ0n) is 11.2. The second kappa shape index (κ2) is 5.92. The maximum absolute atomic E-state index is 11.4. The van der Waals surface area contributed by atoms with Crippen molar-refractivity contribution >= 4 is 5.78 Å². The quantitative estimate of drug-likeness (QED) is 0.756. The van der Waals surface area contributed by atoms with E-state index in [1.165, 1.54) is 0 Å². The van der Waals surface area contributed by atoms with Gasteiger partial charge in [-0.25, -0.2) is 0 Å². The molecular weight excluding hydrogens is 212 g/mol. The summed E-state index contributed by atoms with van der Waals surface area (Å²) in [5.41, 5.74) is 0.832. The van der Waals surface area contributed by atoms with Gasteiger partial charge in [-0.05, 0) is 26.1 Å². The minimum atomic E-state index is -0.265. The van der Waals surface area contributed by atoms with Crippen LogP contribution < -0.4 is 0 Å². The molecule has 0 saturated heterocycles. The monoisotopic (exact) mass is 234 g/mol. The van der Waals surface area contributed by atoms with Crippen molar-refractivity contribution < 1.29 is 4.79 Å². The van der Waals surface area contributed by atoms with Crippen molar-refractivity contribution in [2.45, 2.75) is 27.2 Å². The third-order valence-electron chi connectivity index (χ3n) is 3.09. The summed E-state index contributed by atoms with van der Waals surface area (Å²) in [4.78, 5) is 17.9. The van der Waals surface area contributed by atoms with Crippen LogP contribution in [0, 0.1) is 5.41 Å². The number of aromatic nitrogens is 1. The van der Waals surface area contributed by atoms with Gasteiger partial charge in [-0.1, -0.05) is 19.9 Å². The molecule has 1 aromatic rings. The van der Waals surface area contributed by atoms with Crippen LogP contribution in [0.25, 0.3) is 0 Å². The lowest BCUT2D eigenvalue weighted by Gasteiger charge is -2.27. The summed E-state index contributed by atoms with van der Waals surface area (Å²) in [5.74, 6) is 0.238. The number of ketones is 1. The Hall–Kier alpha value is -1.22. The van der Waals surface area contributed by atoms with E-state index in [1.54, 1.807) is 6.92 Å². The first kappa shape index (κ1) is 13.8. The summed E-state index contributed by atoms with van der Waals surface area (Å²) in [5, 5.41) is 0. The van der Waals surface area contributed by atoms with Gasteiger partial charge in [0, 0.05) is 36.8 Å². The molecule has 1 heterocycles. The fourth-order valence-electron chi connectivity index (χ4n) is 1.72. The van der Waals surface area contributed by atoms with Gasteiger partial charge in [0.05, 0.1) is 0 Å². The smallest absolute Gasteiger partial charge is 0.136 e. The Labute approximate surface area is 104 Å². The predicted molar refractivity (Wildman–Crippen MR) is 69.9 cm³/mol. The van der Waals surface area contributed by atoms with E-state index in [0.29, 0.717) is 0 Å². The van der Waals surface area contributed by atoms with Crippen molar-refractivity contribution in [1.82, 2.24) is 9.88 Å². The molecule has 0 saturated carbocycles. The average molecular weight is 234 g/mol. The maximum Gasteiger partial charge on any atom is 0.136 e. The molecule has 1 aromatic heterocycles. The number of rotatable bonds is 6. The van der Waals surface area contributed by atoms with Crippen molar-refractivity contribution in [2.75, 3.05) is 20.1 Å². The first-order chi connectivity index (χ1) is 7.92. The second-order valence-corrected chi connectivity index (χ2v) is 5.25. The Bertz CT molecular complexity index is 360. The van der Waals surface area contributed by atoms with Gasteiger partial charge in [-0.3, -0.25) is 9.78 Å². The molecule has 1 rings (SSSR count). The van der Waals surface area contributed by atoms with E-state index in [-0.39, 0.29) is 11.2 Å². The molecule has 0 N–H and O–H groups in total. The molecule has 0 unspecified atom stereocenters. The van der Waals surface area contributed by atoms with E-state index in [4.69, 9.17) is 0 Å². The predicted octanol–water partition coefficient (Wildman–Crippen LogP) is 2.17. The van der Waals surface area contributed by atoms with E-state index < -0.39 is 0 Å². The maximum atomic E-state index is 11.4. The normalized spacial score (nSPS) is 11.8. The lowest BCUT2D eigenvalue weighted by Crippen LogP contribution is -2.37. The van der Waals surface area contributed by atoms with E-state index in [1.807, 2.05) is 45.3 Å². The number of hydrogen-bond acceptors (Lipinski definition) is 3. The molecule has 0 aromatic carbocycles. The molecule has 17 heavy (non-hydrogen) atoms. The minimum Gasteiger partial charge on any atom is -0.305 e. The second-order valence-electron chi connectivity index (χ2n) is 5.25. The number of nitrogens with zero attached hydrogens (tertiary/aromatic N) is 2. The molecule has 0 aliphatic heterocycles. The van der Waals surface area contributed by atoms with Gasteiger partial charge in [0.15, 0.2) is 0 Å². The summed E-state index contributed by atoms with van der Waals surface area (Å²) in [6.45, 7) is 7.36. The zero-order chi connectivity index (χ0) is 12.9. The molecule has 94 valence electrons.